The highest BCUT2D eigenvalue weighted by Crippen LogP contribution is 2.22. The van der Waals surface area contributed by atoms with Gasteiger partial charge in [-0.3, -0.25) is 4.79 Å². The Morgan fingerprint density at radius 2 is 2.24 bits per heavy atom. The van der Waals surface area contributed by atoms with Crippen LogP contribution in [0.25, 0.3) is 0 Å². The number of unbranched alkanes of at least 4 members (excludes halogenated alkanes) is 2. The molecule has 1 aromatic rings. The summed E-state index contributed by atoms with van der Waals surface area (Å²) in [5, 5.41) is 2.89. The predicted molar refractivity (Wildman–Crippen MR) is 75.5 cm³/mol. The van der Waals surface area contributed by atoms with Crippen molar-refractivity contribution >= 4 is 33.2 Å². The lowest BCUT2D eigenvalue weighted by molar-refractivity contribution is 0.0797. The van der Waals surface area contributed by atoms with Gasteiger partial charge >= 0.3 is 0 Å². The van der Waals surface area contributed by atoms with Gasteiger partial charge in [0.05, 0.1) is 12.0 Å². The average molecular weight is 320 g/mol. The molecule has 3 nitrogen and oxygen atoms in total. The number of rotatable bonds is 7. The Kier molecular flexibility index (Phi) is 6.58. The van der Waals surface area contributed by atoms with Crippen LogP contribution in [-0.4, -0.2) is 36.8 Å². The van der Waals surface area contributed by atoms with Crippen molar-refractivity contribution < 1.29 is 9.53 Å². The minimum Gasteiger partial charge on any atom is -0.496 e. The molecule has 5 heteroatoms. The summed E-state index contributed by atoms with van der Waals surface area (Å²) in [6, 6.07) is 1.79. The lowest BCUT2D eigenvalue weighted by atomic mass is 10.2. The summed E-state index contributed by atoms with van der Waals surface area (Å²) >= 11 is 4.83. The van der Waals surface area contributed by atoms with Crippen LogP contribution in [0, 0.1) is 0 Å². The number of thiophene rings is 1. The fourth-order valence-electron chi connectivity index (χ4n) is 1.45. The summed E-state index contributed by atoms with van der Waals surface area (Å²) in [4.78, 5) is 14.5. The van der Waals surface area contributed by atoms with Gasteiger partial charge in [0.1, 0.15) is 5.75 Å². The molecule has 1 heterocycles. The molecule has 0 atom stereocenters. The molecule has 0 aliphatic rings. The summed E-state index contributed by atoms with van der Waals surface area (Å²) in [6.45, 7) is 0.812. The highest BCUT2D eigenvalue weighted by molar-refractivity contribution is 9.09. The normalized spacial score (nSPS) is 10.3. The number of amides is 1. The zero-order chi connectivity index (χ0) is 12.7. The molecule has 0 spiro atoms. The summed E-state index contributed by atoms with van der Waals surface area (Å²) in [6.07, 6.45) is 3.36. The van der Waals surface area contributed by atoms with Crippen molar-refractivity contribution in [3.63, 3.8) is 0 Å². The molecular weight excluding hydrogens is 302 g/mol. The Bertz CT molecular complexity index is 354. The first-order valence-electron chi connectivity index (χ1n) is 5.63. The van der Waals surface area contributed by atoms with Crippen LogP contribution in [0.1, 0.15) is 28.9 Å². The van der Waals surface area contributed by atoms with Gasteiger partial charge in [-0.2, -0.15) is 0 Å². The lowest BCUT2D eigenvalue weighted by Crippen LogP contribution is -2.26. The van der Waals surface area contributed by atoms with Crippen molar-refractivity contribution in [2.75, 3.05) is 26.0 Å². The smallest absolute Gasteiger partial charge is 0.263 e. The SMILES string of the molecule is COc1csc(C(=O)N(C)CCCCCBr)c1. The van der Waals surface area contributed by atoms with Gasteiger partial charge in [0.15, 0.2) is 0 Å². The third-order valence-corrected chi connectivity index (χ3v) is 3.95. The van der Waals surface area contributed by atoms with Gasteiger partial charge in [0.2, 0.25) is 0 Å². The van der Waals surface area contributed by atoms with Crippen LogP contribution in [0.4, 0.5) is 0 Å². The Balaban J connectivity index is 2.40. The molecule has 96 valence electrons. The van der Waals surface area contributed by atoms with Crippen molar-refractivity contribution in [2.24, 2.45) is 0 Å². The largest absolute Gasteiger partial charge is 0.496 e. The summed E-state index contributed by atoms with van der Waals surface area (Å²) in [7, 11) is 3.46. The Morgan fingerprint density at radius 3 is 2.82 bits per heavy atom. The van der Waals surface area contributed by atoms with Crippen LogP contribution >= 0.6 is 27.3 Å². The Hall–Kier alpha value is -0.550. The van der Waals surface area contributed by atoms with E-state index in [0.29, 0.717) is 0 Å². The molecular formula is C12H18BrNO2S. The van der Waals surface area contributed by atoms with Gasteiger partial charge in [-0.1, -0.05) is 22.4 Å². The van der Waals surface area contributed by atoms with E-state index in [4.69, 9.17) is 4.74 Å². The quantitative estimate of drug-likeness (QED) is 0.569. The first-order chi connectivity index (χ1) is 8.19. The van der Waals surface area contributed by atoms with E-state index >= 15 is 0 Å². The van der Waals surface area contributed by atoms with E-state index in [-0.39, 0.29) is 5.91 Å². The molecule has 0 unspecified atom stereocenters. The first-order valence-corrected chi connectivity index (χ1v) is 7.63. The molecule has 0 N–H and O–H groups in total. The highest BCUT2D eigenvalue weighted by atomic mass is 79.9. The minimum absolute atomic E-state index is 0.0807. The molecule has 1 rings (SSSR count). The molecule has 1 aromatic heterocycles. The third kappa shape index (κ3) is 4.68. The monoisotopic (exact) mass is 319 g/mol. The van der Waals surface area contributed by atoms with Crippen molar-refractivity contribution in [1.82, 2.24) is 4.90 Å². The molecule has 0 aromatic carbocycles. The maximum Gasteiger partial charge on any atom is 0.263 e. The topological polar surface area (TPSA) is 29.5 Å². The number of hydrogen-bond donors (Lipinski definition) is 0. The van der Waals surface area contributed by atoms with Crippen molar-refractivity contribution in [2.45, 2.75) is 19.3 Å². The van der Waals surface area contributed by atoms with E-state index in [1.165, 1.54) is 11.3 Å². The fraction of sp³-hybridized carbons (Fsp3) is 0.583. The van der Waals surface area contributed by atoms with Crippen LogP contribution in [-0.2, 0) is 0 Å². The van der Waals surface area contributed by atoms with Crippen molar-refractivity contribution in [1.29, 1.82) is 0 Å². The molecule has 0 bridgehead atoms. The summed E-state index contributed by atoms with van der Waals surface area (Å²) in [5.41, 5.74) is 0. The Morgan fingerprint density at radius 1 is 1.47 bits per heavy atom. The van der Waals surface area contributed by atoms with Gasteiger partial charge < -0.3 is 9.64 Å². The Labute approximate surface area is 115 Å². The number of ether oxygens (including phenoxy) is 1. The number of hydrogen-bond acceptors (Lipinski definition) is 3. The van der Waals surface area contributed by atoms with Gasteiger partial charge in [0.25, 0.3) is 5.91 Å². The van der Waals surface area contributed by atoms with Gasteiger partial charge in [0, 0.05) is 30.4 Å². The lowest BCUT2D eigenvalue weighted by Gasteiger charge is -2.15. The average Bonchev–Trinajstić information content (AvgIpc) is 2.82. The predicted octanol–water partition coefficient (Wildman–Crippen LogP) is 3.39. The van der Waals surface area contributed by atoms with Gasteiger partial charge in [-0.15, -0.1) is 11.3 Å². The van der Waals surface area contributed by atoms with Gasteiger partial charge in [-0.05, 0) is 12.8 Å². The molecule has 0 aliphatic carbocycles. The number of carbonyl (C=O) groups is 1. The van der Waals surface area contributed by atoms with Gasteiger partial charge in [-0.25, -0.2) is 0 Å². The molecule has 0 saturated heterocycles. The van der Waals surface area contributed by atoms with E-state index in [1.54, 1.807) is 18.1 Å². The molecule has 17 heavy (non-hydrogen) atoms. The number of alkyl halides is 1. The van der Waals surface area contributed by atoms with E-state index in [0.717, 1.165) is 41.8 Å². The molecule has 0 radical (unpaired) electrons. The second kappa shape index (κ2) is 7.71. The summed E-state index contributed by atoms with van der Waals surface area (Å²) < 4.78 is 5.07. The van der Waals surface area contributed by atoms with Crippen LogP contribution in [0.3, 0.4) is 0 Å². The standard InChI is InChI=1S/C12H18BrNO2S/c1-14(7-5-3-4-6-13)12(15)11-8-10(16-2)9-17-11/h8-9H,3-7H2,1-2H3. The summed E-state index contributed by atoms with van der Waals surface area (Å²) in [5.74, 6) is 0.836. The number of methoxy groups -OCH3 is 1. The first kappa shape index (κ1) is 14.5. The van der Waals surface area contributed by atoms with Crippen LogP contribution in [0.2, 0.25) is 0 Å². The molecule has 0 saturated carbocycles. The maximum absolute atomic E-state index is 12.0. The number of halogens is 1. The fourth-order valence-corrected chi connectivity index (χ4v) is 2.69. The minimum atomic E-state index is 0.0807. The molecule has 0 aliphatic heterocycles. The molecule has 0 fully saturated rings. The van der Waals surface area contributed by atoms with E-state index in [9.17, 15) is 4.79 Å². The maximum atomic E-state index is 12.0. The van der Waals surface area contributed by atoms with E-state index in [1.807, 2.05) is 12.4 Å². The zero-order valence-electron chi connectivity index (χ0n) is 10.2. The number of nitrogens with zero attached hydrogens (tertiary/aromatic N) is 1. The van der Waals surface area contributed by atoms with Crippen molar-refractivity contribution in [3.8, 4) is 5.75 Å². The zero-order valence-corrected chi connectivity index (χ0v) is 12.6. The van der Waals surface area contributed by atoms with Crippen molar-refractivity contribution in [3.05, 3.63) is 16.3 Å². The number of carbonyl (C=O) groups excluding carboxylic acids is 1. The second-order valence-electron chi connectivity index (χ2n) is 3.83. The van der Waals surface area contributed by atoms with E-state index in [2.05, 4.69) is 15.9 Å². The third-order valence-electron chi connectivity index (χ3n) is 2.50. The second-order valence-corrected chi connectivity index (χ2v) is 5.53. The highest BCUT2D eigenvalue weighted by Gasteiger charge is 2.13. The van der Waals surface area contributed by atoms with E-state index < -0.39 is 0 Å². The van der Waals surface area contributed by atoms with Crippen LogP contribution in [0.5, 0.6) is 5.75 Å². The molecule has 1 amide bonds. The van der Waals surface area contributed by atoms with Crippen LogP contribution in [0.15, 0.2) is 11.4 Å². The van der Waals surface area contributed by atoms with Crippen LogP contribution < -0.4 is 4.74 Å².